The fourth-order valence-electron chi connectivity index (χ4n) is 1.61. The molecule has 1 aliphatic heterocycles. The van der Waals surface area contributed by atoms with E-state index < -0.39 is 0 Å². The van der Waals surface area contributed by atoms with Gasteiger partial charge in [-0.2, -0.15) is 5.10 Å². The molecule has 0 unspecified atom stereocenters. The van der Waals surface area contributed by atoms with Crippen molar-refractivity contribution in [1.29, 1.82) is 0 Å². The Morgan fingerprint density at radius 1 is 1.38 bits per heavy atom. The Labute approximate surface area is 77.3 Å². The first-order chi connectivity index (χ1) is 6.16. The first-order valence-corrected chi connectivity index (χ1v) is 4.42. The van der Waals surface area contributed by atoms with Crippen LogP contribution in [0.5, 0.6) is 0 Å². The van der Waals surface area contributed by atoms with Crippen molar-refractivity contribution in [3.63, 3.8) is 0 Å². The van der Waals surface area contributed by atoms with Gasteiger partial charge in [0.25, 0.3) is 0 Å². The average Bonchev–Trinajstić information content (AvgIpc) is 2.61. The summed E-state index contributed by atoms with van der Waals surface area (Å²) in [7, 11) is 1.90. The molecule has 0 saturated carbocycles. The van der Waals surface area contributed by atoms with E-state index in [4.69, 9.17) is 11.5 Å². The van der Waals surface area contributed by atoms with E-state index in [1.165, 1.54) is 0 Å². The molecule has 0 aliphatic carbocycles. The summed E-state index contributed by atoms with van der Waals surface area (Å²) in [6, 6.07) is 2.12. The standard InChI is InChI=1S/C8H15N5/c1-12-3-2-8(11-12)13-4-6(9)7(10)5-13/h2-3,6-7H,4-5,9-10H2,1H3/t6-,7+. The number of anilines is 1. The van der Waals surface area contributed by atoms with Crippen molar-refractivity contribution < 1.29 is 0 Å². The Balaban J connectivity index is 2.11. The number of nitrogens with two attached hydrogens (primary N) is 2. The summed E-state index contributed by atoms with van der Waals surface area (Å²) in [6.07, 6.45) is 1.92. The molecule has 5 nitrogen and oxygen atoms in total. The van der Waals surface area contributed by atoms with Crippen molar-refractivity contribution in [3.05, 3.63) is 12.3 Å². The molecule has 5 heteroatoms. The predicted molar refractivity (Wildman–Crippen MR) is 51.4 cm³/mol. The van der Waals surface area contributed by atoms with Crippen molar-refractivity contribution in [2.45, 2.75) is 12.1 Å². The fraction of sp³-hybridized carbons (Fsp3) is 0.625. The molecule has 2 atom stereocenters. The summed E-state index contributed by atoms with van der Waals surface area (Å²) in [5.41, 5.74) is 11.6. The molecule has 2 heterocycles. The highest BCUT2D eigenvalue weighted by molar-refractivity contribution is 5.39. The quantitative estimate of drug-likeness (QED) is 0.576. The lowest BCUT2D eigenvalue weighted by Gasteiger charge is -2.13. The summed E-state index contributed by atoms with van der Waals surface area (Å²) >= 11 is 0. The molecule has 72 valence electrons. The summed E-state index contributed by atoms with van der Waals surface area (Å²) < 4.78 is 1.78. The van der Waals surface area contributed by atoms with E-state index >= 15 is 0 Å². The Kier molecular flexibility index (Phi) is 1.97. The minimum atomic E-state index is 0.0713. The zero-order valence-corrected chi connectivity index (χ0v) is 7.72. The smallest absolute Gasteiger partial charge is 0.150 e. The Bertz CT molecular complexity index is 284. The molecule has 13 heavy (non-hydrogen) atoms. The largest absolute Gasteiger partial charge is 0.352 e. The second-order valence-electron chi connectivity index (χ2n) is 3.58. The summed E-state index contributed by atoms with van der Waals surface area (Å²) in [6.45, 7) is 1.61. The zero-order valence-electron chi connectivity index (χ0n) is 7.72. The van der Waals surface area contributed by atoms with Crippen molar-refractivity contribution in [3.8, 4) is 0 Å². The van der Waals surface area contributed by atoms with Crippen LogP contribution in [0.1, 0.15) is 0 Å². The number of rotatable bonds is 1. The molecule has 0 aromatic carbocycles. The summed E-state index contributed by atoms with van der Waals surface area (Å²) in [5.74, 6) is 0.964. The fourth-order valence-corrected chi connectivity index (χ4v) is 1.61. The first kappa shape index (κ1) is 8.52. The van der Waals surface area contributed by atoms with E-state index in [9.17, 15) is 0 Å². The van der Waals surface area contributed by atoms with Gasteiger partial charge in [0.05, 0.1) is 0 Å². The van der Waals surface area contributed by atoms with E-state index in [0.717, 1.165) is 18.9 Å². The number of aromatic nitrogens is 2. The van der Waals surface area contributed by atoms with Gasteiger partial charge in [0.2, 0.25) is 0 Å². The average molecular weight is 181 g/mol. The van der Waals surface area contributed by atoms with Gasteiger partial charge in [0.1, 0.15) is 0 Å². The Hall–Kier alpha value is -1.07. The minimum absolute atomic E-state index is 0.0713. The SMILES string of the molecule is Cn1ccc(N2C[C@@H](N)[C@@H](N)C2)n1. The van der Waals surface area contributed by atoms with Gasteiger partial charge in [-0.15, -0.1) is 0 Å². The van der Waals surface area contributed by atoms with Crippen molar-refractivity contribution in [1.82, 2.24) is 9.78 Å². The third kappa shape index (κ3) is 1.52. The topological polar surface area (TPSA) is 73.1 Å². The normalized spacial score (nSPS) is 28.4. The van der Waals surface area contributed by atoms with Gasteiger partial charge >= 0.3 is 0 Å². The molecule has 1 aromatic heterocycles. The lowest BCUT2D eigenvalue weighted by Crippen LogP contribution is -2.39. The minimum Gasteiger partial charge on any atom is -0.352 e. The van der Waals surface area contributed by atoms with Gasteiger partial charge in [0.15, 0.2) is 5.82 Å². The molecule has 0 bridgehead atoms. The van der Waals surface area contributed by atoms with Crippen LogP contribution in [0.4, 0.5) is 5.82 Å². The Morgan fingerprint density at radius 3 is 2.46 bits per heavy atom. The van der Waals surface area contributed by atoms with Crippen LogP contribution in [-0.4, -0.2) is 35.0 Å². The van der Waals surface area contributed by atoms with Crippen LogP contribution in [0.15, 0.2) is 12.3 Å². The highest BCUT2D eigenvalue weighted by atomic mass is 15.3. The number of hydrogen-bond donors (Lipinski definition) is 2. The van der Waals surface area contributed by atoms with E-state index in [-0.39, 0.29) is 12.1 Å². The summed E-state index contributed by atoms with van der Waals surface area (Å²) in [4.78, 5) is 2.12. The number of hydrogen-bond acceptors (Lipinski definition) is 4. The first-order valence-electron chi connectivity index (χ1n) is 4.42. The third-order valence-electron chi connectivity index (χ3n) is 2.44. The Morgan fingerprint density at radius 2 is 2.00 bits per heavy atom. The van der Waals surface area contributed by atoms with E-state index in [1.54, 1.807) is 4.68 Å². The molecule has 0 spiro atoms. The van der Waals surface area contributed by atoms with Crippen LogP contribution < -0.4 is 16.4 Å². The van der Waals surface area contributed by atoms with Crippen LogP contribution in [0.25, 0.3) is 0 Å². The number of nitrogens with zero attached hydrogens (tertiary/aromatic N) is 3. The lowest BCUT2D eigenvalue weighted by molar-refractivity contribution is 0.642. The molecule has 1 fully saturated rings. The van der Waals surface area contributed by atoms with E-state index in [2.05, 4.69) is 10.00 Å². The second-order valence-corrected chi connectivity index (χ2v) is 3.58. The molecule has 4 N–H and O–H groups in total. The molecule has 2 rings (SSSR count). The van der Waals surface area contributed by atoms with E-state index in [1.807, 2.05) is 19.3 Å². The monoisotopic (exact) mass is 181 g/mol. The van der Waals surface area contributed by atoms with Gasteiger partial charge in [-0.1, -0.05) is 0 Å². The third-order valence-corrected chi connectivity index (χ3v) is 2.44. The van der Waals surface area contributed by atoms with Crippen LogP contribution in [0.2, 0.25) is 0 Å². The number of aryl methyl sites for hydroxylation is 1. The highest BCUT2D eigenvalue weighted by Gasteiger charge is 2.28. The molecule has 0 amide bonds. The van der Waals surface area contributed by atoms with Crippen LogP contribution in [0, 0.1) is 0 Å². The second kappa shape index (κ2) is 3.01. The van der Waals surface area contributed by atoms with Crippen LogP contribution >= 0.6 is 0 Å². The molecular formula is C8H15N5. The van der Waals surface area contributed by atoms with Gasteiger partial charge < -0.3 is 16.4 Å². The van der Waals surface area contributed by atoms with Crippen LogP contribution in [0.3, 0.4) is 0 Å². The molecule has 1 saturated heterocycles. The van der Waals surface area contributed by atoms with Gasteiger partial charge in [0, 0.05) is 44.5 Å². The highest BCUT2D eigenvalue weighted by Crippen LogP contribution is 2.15. The van der Waals surface area contributed by atoms with Crippen LogP contribution in [-0.2, 0) is 7.05 Å². The van der Waals surface area contributed by atoms with Gasteiger partial charge in [-0.25, -0.2) is 0 Å². The van der Waals surface area contributed by atoms with Crippen molar-refractivity contribution in [2.24, 2.45) is 18.5 Å². The van der Waals surface area contributed by atoms with E-state index in [0.29, 0.717) is 0 Å². The molecule has 1 aromatic rings. The lowest BCUT2D eigenvalue weighted by atomic mass is 10.2. The zero-order chi connectivity index (χ0) is 9.42. The molecular weight excluding hydrogens is 166 g/mol. The van der Waals surface area contributed by atoms with Crippen molar-refractivity contribution in [2.75, 3.05) is 18.0 Å². The molecule has 1 aliphatic rings. The van der Waals surface area contributed by atoms with Gasteiger partial charge in [-0.3, -0.25) is 4.68 Å². The van der Waals surface area contributed by atoms with Crippen molar-refractivity contribution >= 4 is 5.82 Å². The van der Waals surface area contributed by atoms with Gasteiger partial charge in [-0.05, 0) is 0 Å². The maximum atomic E-state index is 5.81. The maximum Gasteiger partial charge on any atom is 0.150 e. The summed E-state index contributed by atoms with van der Waals surface area (Å²) in [5, 5.41) is 4.29. The predicted octanol–water partition coefficient (Wildman–Crippen LogP) is -1.11. The molecule has 0 radical (unpaired) electrons. The maximum absolute atomic E-state index is 5.81.